The van der Waals surface area contributed by atoms with Crippen LogP contribution in [0.3, 0.4) is 0 Å². The predicted molar refractivity (Wildman–Crippen MR) is 144 cm³/mol. The molecule has 0 unspecified atom stereocenters. The summed E-state index contributed by atoms with van der Waals surface area (Å²) >= 11 is 5.81. The number of halogens is 1. The van der Waals surface area contributed by atoms with Gasteiger partial charge in [-0.2, -0.15) is 0 Å². The maximum atomic E-state index is 12.6. The molecule has 0 heterocycles. The van der Waals surface area contributed by atoms with Gasteiger partial charge in [0.2, 0.25) is 5.24 Å². The van der Waals surface area contributed by atoms with E-state index in [0.29, 0.717) is 12.4 Å². The van der Waals surface area contributed by atoms with Gasteiger partial charge in [0.25, 0.3) is 0 Å². The van der Waals surface area contributed by atoms with Crippen molar-refractivity contribution in [1.29, 1.82) is 0 Å². The van der Waals surface area contributed by atoms with E-state index in [1.54, 1.807) is 0 Å². The number of ether oxygens (including phenoxy) is 2. The topological polar surface area (TPSA) is 64.6 Å². The van der Waals surface area contributed by atoms with Crippen LogP contribution >= 0.6 is 11.6 Å². The molecular formula is C31H26ClNO4. The number of hydrogen-bond donors (Lipinski definition) is 1. The number of nitrogens with one attached hydrogen (secondary N) is 1. The van der Waals surface area contributed by atoms with E-state index in [-0.39, 0.29) is 18.9 Å². The summed E-state index contributed by atoms with van der Waals surface area (Å²) in [6, 6.07) is 32.6. The van der Waals surface area contributed by atoms with Gasteiger partial charge in [-0.1, -0.05) is 91.0 Å². The minimum absolute atomic E-state index is 0.0632. The van der Waals surface area contributed by atoms with Gasteiger partial charge in [0.15, 0.2) is 0 Å². The number of carbonyl (C=O) groups excluding carboxylic acids is 2. The molecule has 0 radical (unpaired) electrons. The lowest BCUT2D eigenvalue weighted by Gasteiger charge is -2.18. The van der Waals surface area contributed by atoms with E-state index in [1.165, 1.54) is 0 Å². The van der Waals surface area contributed by atoms with Gasteiger partial charge in [0.1, 0.15) is 25.0 Å². The van der Waals surface area contributed by atoms with Crippen LogP contribution < -0.4 is 10.1 Å². The Balaban J connectivity index is 1.17. The fourth-order valence-corrected chi connectivity index (χ4v) is 4.80. The van der Waals surface area contributed by atoms with Crippen LogP contribution in [0.4, 0.5) is 4.79 Å². The van der Waals surface area contributed by atoms with Crippen LogP contribution in [0.5, 0.6) is 5.75 Å². The van der Waals surface area contributed by atoms with Gasteiger partial charge in [0, 0.05) is 12.3 Å². The van der Waals surface area contributed by atoms with Gasteiger partial charge < -0.3 is 14.8 Å². The smallest absolute Gasteiger partial charge is 0.407 e. The molecule has 6 heteroatoms. The predicted octanol–water partition coefficient (Wildman–Crippen LogP) is 6.48. The van der Waals surface area contributed by atoms with Crippen molar-refractivity contribution in [3.63, 3.8) is 0 Å². The standard InChI is InChI=1S/C31H26ClNO4/c32-30(34)29(18-21-14-16-23(17-15-21)36-19-22-8-2-1-3-9-22)33-31(35)37-20-28-26-12-6-4-10-24(26)25-11-5-7-13-27(25)28/h1-17,28-29H,18-20H2,(H,33,35)/t29-/m0/s1. The van der Waals surface area contributed by atoms with Crippen LogP contribution in [0.25, 0.3) is 11.1 Å². The molecule has 0 saturated heterocycles. The lowest BCUT2D eigenvalue weighted by Crippen LogP contribution is -2.41. The molecule has 0 bridgehead atoms. The van der Waals surface area contributed by atoms with Crippen molar-refractivity contribution < 1.29 is 19.1 Å². The Labute approximate surface area is 221 Å². The number of fused-ring (bicyclic) bond motifs is 3. The second-order valence-corrected chi connectivity index (χ2v) is 9.32. The molecule has 0 aromatic heterocycles. The zero-order valence-electron chi connectivity index (χ0n) is 20.1. The molecule has 0 spiro atoms. The molecule has 186 valence electrons. The van der Waals surface area contributed by atoms with Gasteiger partial charge >= 0.3 is 6.09 Å². The Bertz CT molecular complexity index is 1340. The fourth-order valence-electron chi connectivity index (χ4n) is 4.67. The first-order chi connectivity index (χ1) is 18.1. The summed E-state index contributed by atoms with van der Waals surface area (Å²) in [5, 5.41) is 1.97. The number of amides is 1. The van der Waals surface area contributed by atoms with E-state index in [2.05, 4.69) is 29.6 Å². The number of alkyl carbamates (subject to hydrolysis) is 1. The highest BCUT2D eigenvalue weighted by molar-refractivity contribution is 6.64. The average Bonchev–Trinajstić information content (AvgIpc) is 3.25. The van der Waals surface area contributed by atoms with E-state index >= 15 is 0 Å². The van der Waals surface area contributed by atoms with Crippen molar-refractivity contribution >= 4 is 22.9 Å². The first-order valence-corrected chi connectivity index (χ1v) is 12.5. The van der Waals surface area contributed by atoms with Gasteiger partial charge in [-0.25, -0.2) is 4.79 Å². The molecule has 1 aliphatic carbocycles. The van der Waals surface area contributed by atoms with E-state index in [1.807, 2.05) is 78.9 Å². The SMILES string of the molecule is O=C(N[C@@H](Cc1ccc(OCc2ccccc2)cc1)C(=O)Cl)OCC1c2ccccc2-c2ccccc21. The second-order valence-electron chi connectivity index (χ2n) is 8.95. The highest BCUT2D eigenvalue weighted by Gasteiger charge is 2.29. The molecule has 4 aromatic carbocycles. The molecule has 0 aliphatic heterocycles. The molecule has 5 nitrogen and oxygen atoms in total. The number of rotatable bonds is 9. The van der Waals surface area contributed by atoms with E-state index in [4.69, 9.17) is 21.1 Å². The summed E-state index contributed by atoms with van der Waals surface area (Å²) < 4.78 is 11.4. The molecule has 0 saturated carbocycles. The molecular weight excluding hydrogens is 486 g/mol. The van der Waals surface area contributed by atoms with Crippen molar-refractivity contribution in [3.8, 4) is 16.9 Å². The molecule has 1 N–H and O–H groups in total. The van der Waals surface area contributed by atoms with Crippen molar-refractivity contribution in [1.82, 2.24) is 5.32 Å². The van der Waals surface area contributed by atoms with Crippen molar-refractivity contribution in [2.75, 3.05) is 6.61 Å². The quantitative estimate of drug-likeness (QED) is 0.261. The lowest BCUT2D eigenvalue weighted by atomic mass is 9.98. The normalized spacial score (nSPS) is 12.8. The number of carbonyl (C=O) groups is 2. The Kier molecular flexibility index (Phi) is 7.52. The minimum atomic E-state index is -0.909. The molecule has 1 atom stereocenters. The molecule has 1 aliphatic rings. The maximum Gasteiger partial charge on any atom is 0.407 e. The third-order valence-electron chi connectivity index (χ3n) is 6.52. The molecule has 0 fully saturated rings. The largest absolute Gasteiger partial charge is 0.489 e. The zero-order valence-corrected chi connectivity index (χ0v) is 20.9. The molecule has 1 amide bonds. The maximum absolute atomic E-state index is 12.6. The Hall–Kier alpha value is -4.09. The van der Waals surface area contributed by atoms with Crippen LogP contribution in [0.1, 0.15) is 28.2 Å². The van der Waals surface area contributed by atoms with Crippen LogP contribution in [0.2, 0.25) is 0 Å². The first kappa shape index (κ1) is 24.6. The summed E-state index contributed by atoms with van der Waals surface area (Å²) in [5.74, 6) is 0.651. The van der Waals surface area contributed by atoms with Crippen LogP contribution in [0.15, 0.2) is 103 Å². The second kappa shape index (κ2) is 11.3. The third kappa shape index (κ3) is 5.84. The number of benzene rings is 4. The highest BCUT2D eigenvalue weighted by Crippen LogP contribution is 2.44. The van der Waals surface area contributed by atoms with E-state index in [9.17, 15) is 9.59 Å². The Morgan fingerprint density at radius 1 is 0.757 bits per heavy atom. The Morgan fingerprint density at radius 2 is 1.35 bits per heavy atom. The van der Waals surface area contributed by atoms with Crippen molar-refractivity contribution in [2.45, 2.75) is 25.0 Å². The van der Waals surface area contributed by atoms with E-state index < -0.39 is 17.4 Å². The van der Waals surface area contributed by atoms with Gasteiger partial charge in [-0.05, 0) is 57.1 Å². The molecule has 37 heavy (non-hydrogen) atoms. The summed E-state index contributed by atoms with van der Waals surface area (Å²) in [4.78, 5) is 24.7. The minimum Gasteiger partial charge on any atom is -0.489 e. The van der Waals surface area contributed by atoms with Gasteiger partial charge in [-0.15, -0.1) is 0 Å². The average molecular weight is 512 g/mol. The number of hydrogen-bond acceptors (Lipinski definition) is 4. The van der Waals surface area contributed by atoms with Crippen LogP contribution in [-0.2, 0) is 22.6 Å². The van der Waals surface area contributed by atoms with Gasteiger partial charge in [0.05, 0.1) is 0 Å². The fraction of sp³-hybridized carbons (Fsp3) is 0.161. The van der Waals surface area contributed by atoms with Crippen molar-refractivity contribution in [3.05, 3.63) is 125 Å². The summed E-state index contributed by atoms with van der Waals surface area (Å²) in [6.45, 7) is 0.628. The third-order valence-corrected chi connectivity index (χ3v) is 6.78. The van der Waals surface area contributed by atoms with Gasteiger partial charge in [-0.3, -0.25) is 4.79 Å². The summed E-state index contributed by atoms with van der Waals surface area (Å²) in [7, 11) is 0. The summed E-state index contributed by atoms with van der Waals surface area (Å²) in [5.41, 5.74) is 6.46. The van der Waals surface area contributed by atoms with Crippen LogP contribution in [0, 0.1) is 0 Å². The Morgan fingerprint density at radius 3 is 1.97 bits per heavy atom. The summed E-state index contributed by atoms with van der Waals surface area (Å²) in [6.07, 6.45) is -0.436. The lowest BCUT2D eigenvalue weighted by molar-refractivity contribution is -0.113. The van der Waals surface area contributed by atoms with Crippen molar-refractivity contribution in [2.24, 2.45) is 0 Å². The zero-order chi connectivity index (χ0) is 25.6. The first-order valence-electron chi connectivity index (χ1n) is 12.1. The molecule has 4 aromatic rings. The molecule has 5 rings (SSSR count). The van der Waals surface area contributed by atoms with Crippen LogP contribution in [-0.4, -0.2) is 24.0 Å². The monoisotopic (exact) mass is 511 g/mol. The highest BCUT2D eigenvalue weighted by atomic mass is 35.5. The van der Waals surface area contributed by atoms with E-state index in [0.717, 1.165) is 33.4 Å².